The fourth-order valence-corrected chi connectivity index (χ4v) is 5.51. The summed E-state index contributed by atoms with van der Waals surface area (Å²) in [4.78, 5) is 14.3. The topological polar surface area (TPSA) is 104 Å². The van der Waals surface area contributed by atoms with E-state index < -0.39 is 30.1 Å². The first-order valence-electron chi connectivity index (χ1n) is 13.1. The van der Waals surface area contributed by atoms with Gasteiger partial charge in [-0.25, -0.2) is 0 Å². The van der Waals surface area contributed by atoms with E-state index in [1.165, 1.54) is 19.4 Å². The van der Waals surface area contributed by atoms with Gasteiger partial charge in [-0.15, -0.1) is 0 Å². The van der Waals surface area contributed by atoms with Crippen molar-refractivity contribution in [2.75, 3.05) is 27.9 Å². The molecule has 1 aliphatic rings. The molecule has 4 aromatic rings. The molecule has 10 heteroatoms. The molecule has 0 aliphatic carbocycles. The lowest BCUT2D eigenvalue weighted by atomic mass is 9.80. The minimum Gasteiger partial charge on any atom is -0.497 e. The maximum Gasteiger partial charge on any atom is 0.251 e. The number of ether oxygens (including phenoxy) is 5. The zero-order chi connectivity index (χ0) is 29.0. The van der Waals surface area contributed by atoms with Gasteiger partial charge < -0.3 is 28.8 Å². The van der Waals surface area contributed by atoms with Crippen molar-refractivity contribution in [1.82, 2.24) is 9.55 Å². The predicted molar refractivity (Wildman–Crippen MR) is 155 cm³/mol. The number of H-pyrrole nitrogens is 1. The molecule has 0 amide bonds. The van der Waals surface area contributed by atoms with Crippen molar-refractivity contribution in [3.05, 3.63) is 123 Å². The highest BCUT2D eigenvalue weighted by Crippen LogP contribution is 2.43. The van der Waals surface area contributed by atoms with E-state index in [2.05, 4.69) is 4.98 Å². The second-order valence-electron chi connectivity index (χ2n) is 9.59. The van der Waals surface area contributed by atoms with Gasteiger partial charge >= 0.3 is 0 Å². The number of hydrogen-bond donors (Lipinski definition) is 2. The van der Waals surface area contributed by atoms with Gasteiger partial charge in [-0.05, 0) is 53.2 Å². The number of aliphatic hydroxyl groups excluding tert-OH is 1. The lowest BCUT2D eigenvalue weighted by molar-refractivity contribution is -0.0962. The summed E-state index contributed by atoms with van der Waals surface area (Å²) >= 11 is 5.35. The Morgan fingerprint density at radius 3 is 1.95 bits per heavy atom. The Bertz CT molecular complexity index is 1510. The van der Waals surface area contributed by atoms with Gasteiger partial charge in [0, 0.05) is 19.4 Å². The molecular weight excluding hydrogens is 544 g/mol. The number of rotatable bonds is 10. The molecule has 1 fully saturated rings. The molecule has 9 nitrogen and oxygen atoms in total. The van der Waals surface area contributed by atoms with Gasteiger partial charge in [-0.3, -0.25) is 14.3 Å². The van der Waals surface area contributed by atoms with E-state index in [9.17, 15) is 9.90 Å². The van der Waals surface area contributed by atoms with Crippen LogP contribution in [0.4, 0.5) is 0 Å². The number of hydrogen-bond acceptors (Lipinski definition) is 8. The lowest BCUT2D eigenvalue weighted by Gasteiger charge is -2.37. The molecule has 1 saturated heterocycles. The van der Waals surface area contributed by atoms with Crippen molar-refractivity contribution in [3.8, 4) is 11.5 Å². The summed E-state index contributed by atoms with van der Waals surface area (Å²) in [7, 11) is 4.73. The molecular formula is C31H32N2O7S. The monoisotopic (exact) mass is 576 g/mol. The Hall–Kier alpha value is -3.80. The van der Waals surface area contributed by atoms with Crippen LogP contribution in [0.5, 0.6) is 11.5 Å². The van der Waals surface area contributed by atoms with Crippen LogP contribution in [0.2, 0.25) is 0 Å². The third-order valence-electron chi connectivity index (χ3n) is 7.35. The van der Waals surface area contributed by atoms with Crippen LogP contribution in [0, 0.1) is 4.77 Å². The van der Waals surface area contributed by atoms with Gasteiger partial charge in [0.05, 0.1) is 20.8 Å². The number of benzene rings is 3. The van der Waals surface area contributed by atoms with Crippen molar-refractivity contribution >= 4 is 12.2 Å². The molecule has 1 unspecified atom stereocenters. The Balaban J connectivity index is 1.57. The number of nitrogens with zero attached hydrogens (tertiary/aromatic N) is 1. The van der Waals surface area contributed by atoms with Crippen LogP contribution in [0.1, 0.15) is 22.9 Å². The molecule has 0 bridgehead atoms. The molecule has 2 N–H and O–H groups in total. The molecule has 2 heterocycles. The quantitative estimate of drug-likeness (QED) is 0.214. The van der Waals surface area contributed by atoms with E-state index in [1.54, 1.807) is 18.8 Å². The van der Waals surface area contributed by atoms with Crippen LogP contribution in [0.3, 0.4) is 0 Å². The summed E-state index contributed by atoms with van der Waals surface area (Å²) in [6, 6.07) is 26.6. The van der Waals surface area contributed by atoms with Gasteiger partial charge in [0.2, 0.25) is 0 Å². The highest BCUT2D eigenvalue weighted by Gasteiger charge is 2.47. The normalized spacial score (nSPS) is 20.6. The second-order valence-corrected chi connectivity index (χ2v) is 9.98. The van der Waals surface area contributed by atoms with E-state index in [0.29, 0.717) is 11.5 Å². The Labute approximate surface area is 242 Å². The number of methoxy groups -OCH3 is 3. The van der Waals surface area contributed by atoms with Gasteiger partial charge in [-0.2, -0.15) is 0 Å². The molecule has 1 aliphatic heterocycles. The van der Waals surface area contributed by atoms with Crippen LogP contribution in [-0.4, -0.2) is 60.9 Å². The maximum absolute atomic E-state index is 11.7. The highest BCUT2D eigenvalue weighted by atomic mass is 32.1. The van der Waals surface area contributed by atoms with Gasteiger partial charge in [0.1, 0.15) is 35.4 Å². The SMILES string of the molecule is COc1ccc(C(OC[C@H]2O[C@@H](n3ccc(=O)[nH]c3=S)[C@@H](OC)C2O)(c2ccccc2)c2ccc(OC)cc2)cc1. The van der Waals surface area contributed by atoms with E-state index in [1.807, 2.05) is 78.9 Å². The Morgan fingerprint density at radius 2 is 1.44 bits per heavy atom. The number of aromatic amines is 1. The first kappa shape index (κ1) is 28.7. The molecule has 5 rings (SSSR count). The Morgan fingerprint density at radius 1 is 0.878 bits per heavy atom. The van der Waals surface area contributed by atoms with Crippen molar-refractivity contribution in [2.24, 2.45) is 0 Å². The molecule has 41 heavy (non-hydrogen) atoms. The summed E-state index contributed by atoms with van der Waals surface area (Å²) in [6.45, 7) is 0.00115. The third-order valence-corrected chi connectivity index (χ3v) is 7.66. The standard InChI is InChI=1S/C31H32N2O7S/c1-36-23-13-9-21(10-14-23)31(20-7-5-4-6-8-20,22-11-15-24(37-2)16-12-22)39-19-25-27(35)28(38-3)29(40-25)33-18-17-26(34)32-30(33)41/h4-18,25,27-29,35H,19H2,1-3H3,(H,32,34,41)/t25-,27?,28+,29-/m1/s1. The third kappa shape index (κ3) is 5.57. The van der Waals surface area contributed by atoms with Crippen LogP contribution >= 0.6 is 12.2 Å². The van der Waals surface area contributed by atoms with Crippen LogP contribution in [0.25, 0.3) is 0 Å². The molecule has 0 radical (unpaired) electrons. The molecule has 1 aromatic heterocycles. The Kier molecular flexibility index (Phi) is 8.67. The van der Waals surface area contributed by atoms with Crippen molar-refractivity contribution < 1.29 is 28.8 Å². The largest absolute Gasteiger partial charge is 0.497 e. The van der Waals surface area contributed by atoms with Crippen molar-refractivity contribution in [3.63, 3.8) is 0 Å². The first-order valence-corrected chi connectivity index (χ1v) is 13.5. The summed E-state index contributed by atoms with van der Waals surface area (Å²) < 4.78 is 31.4. The fourth-order valence-electron chi connectivity index (χ4n) is 5.24. The molecule has 4 atom stereocenters. The minimum atomic E-state index is -1.09. The van der Waals surface area contributed by atoms with E-state index in [-0.39, 0.29) is 16.9 Å². The first-order chi connectivity index (χ1) is 19.9. The maximum atomic E-state index is 11.7. The second kappa shape index (κ2) is 12.4. The molecule has 3 aromatic carbocycles. The van der Waals surface area contributed by atoms with Gasteiger partial charge in [0.15, 0.2) is 11.0 Å². The zero-order valence-corrected chi connectivity index (χ0v) is 23.7. The van der Waals surface area contributed by atoms with Crippen molar-refractivity contribution in [2.45, 2.75) is 30.1 Å². The lowest BCUT2D eigenvalue weighted by Crippen LogP contribution is -2.40. The summed E-state index contributed by atoms with van der Waals surface area (Å²) in [5, 5.41) is 11.3. The smallest absolute Gasteiger partial charge is 0.251 e. The van der Waals surface area contributed by atoms with E-state index in [0.717, 1.165) is 16.7 Å². The molecule has 0 spiro atoms. The molecule has 214 valence electrons. The van der Waals surface area contributed by atoms with E-state index in [4.69, 9.17) is 35.9 Å². The van der Waals surface area contributed by atoms with Gasteiger partial charge in [0.25, 0.3) is 5.56 Å². The molecule has 0 saturated carbocycles. The number of aromatic nitrogens is 2. The van der Waals surface area contributed by atoms with Crippen LogP contribution in [0.15, 0.2) is 95.9 Å². The minimum absolute atomic E-state index is 0.00115. The average Bonchev–Trinajstić information content (AvgIpc) is 3.33. The van der Waals surface area contributed by atoms with Gasteiger partial charge in [-0.1, -0.05) is 54.6 Å². The number of nitrogens with one attached hydrogen (secondary N) is 1. The van der Waals surface area contributed by atoms with Crippen molar-refractivity contribution in [1.29, 1.82) is 0 Å². The van der Waals surface area contributed by atoms with Crippen LogP contribution < -0.4 is 15.0 Å². The zero-order valence-electron chi connectivity index (χ0n) is 22.9. The van der Waals surface area contributed by atoms with Crippen LogP contribution in [-0.2, 0) is 19.8 Å². The summed E-state index contributed by atoms with van der Waals surface area (Å²) in [5.74, 6) is 1.42. The van der Waals surface area contributed by atoms with E-state index >= 15 is 0 Å². The summed E-state index contributed by atoms with van der Waals surface area (Å²) in [5.41, 5.74) is 1.17. The fraction of sp³-hybridized carbons (Fsp3) is 0.290. The highest BCUT2D eigenvalue weighted by molar-refractivity contribution is 7.71. The average molecular weight is 577 g/mol. The summed E-state index contributed by atoms with van der Waals surface area (Å²) in [6.07, 6.45) is -1.83. The predicted octanol–water partition coefficient (Wildman–Crippen LogP) is 4.21. The number of aliphatic hydroxyl groups is 1.